The molecular weight excluding hydrogens is 410 g/mol. The molecule has 0 aliphatic carbocycles. The van der Waals surface area contributed by atoms with E-state index in [-0.39, 0.29) is 18.1 Å². The van der Waals surface area contributed by atoms with Crippen molar-refractivity contribution in [2.75, 3.05) is 7.05 Å². The highest BCUT2D eigenvalue weighted by molar-refractivity contribution is 6.31. The number of aryl methyl sites for hydroxylation is 2. The van der Waals surface area contributed by atoms with E-state index in [2.05, 4.69) is 5.16 Å². The summed E-state index contributed by atoms with van der Waals surface area (Å²) in [5.74, 6) is 1.08. The van der Waals surface area contributed by atoms with Crippen molar-refractivity contribution < 1.29 is 19.0 Å². The zero-order valence-electron chi connectivity index (χ0n) is 16.7. The molecule has 1 aromatic heterocycles. The molecule has 9 heteroatoms. The van der Waals surface area contributed by atoms with Crippen LogP contribution in [-0.2, 0) is 13.2 Å². The van der Waals surface area contributed by atoms with E-state index in [0.717, 1.165) is 11.3 Å². The second-order valence-corrected chi connectivity index (χ2v) is 7.22. The van der Waals surface area contributed by atoms with Crippen LogP contribution in [0.2, 0.25) is 5.02 Å². The first-order chi connectivity index (χ1) is 14.3. The predicted octanol–water partition coefficient (Wildman–Crippen LogP) is 4.70. The minimum Gasteiger partial charge on any atom is -0.489 e. The molecule has 0 fully saturated rings. The molecule has 1 heterocycles. The number of rotatable bonds is 7. The molecule has 0 spiro atoms. The summed E-state index contributed by atoms with van der Waals surface area (Å²) in [6.45, 7) is 4.13. The van der Waals surface area contributed by atoms with Crippen molar-refractivity contribution in [1.29, 1.82) is 0 Å². The van der Waals surface area contributed by atoms with Crippen LogP contribution < -0.4 is 4.74 Å². The molecule has 3 aromatic rings. The summed E-state index contributed by atoms with van der Waals surface area (Å²) in [6.07, 6.45) is 0. The fraction of sp³-hybridized carbons (Fsp3) is 0.238. The molecule has 0 bridgehead atoms. The average molecular weight is 430 g/mol. The van der Waals surface area contributed by atoms with Gasteiger partial charge < -0.3 is 14.2 Å². The molecule has 8 nitrogen and oxygen atoms in total. The standard InChI is InChI=1S/C21H20ClN3O5/c1-13-19(14(2)30-23-13)12-29-18-7-4-15(5-8-18)21(26)24(3)11-16-10-17(25(27)28)6-9-20(16)22/h4-10H,11-12H2,1-3H3. The highest BCUT2D eigenvalue weighted by Crippen LogP contribution is 2.24. The van der Waals surface area contributed by atoms with E-state index in [0.29, 0.717) is 34.3 Å². The number of nitro benzene ring substituents is 1. The van der Waals surface area contributed by atoms with Gasteiger partial charge in [-0.1, -0.05) is 16.8 Å². The molecular formula is C21H20ClN3O5. The molecule has 0 unspecified atom stereocenters. The van der Waals surface area contributed by atoms with Crippen molar-refractivity contribution in [3.05, 3.63) is 85.7 Å². The molecule has 0 aliphatic rings. The fourth-order valence-corrected chi connectivity index (χ4v) is 3.08. The van der Waals surface area contributed by atoms with Crippen LogP contribution in [-0.4, -0.2) is 27.9 Å². The van der Waals surface area contributed by atoms with Crippen LogP contribution >= 0.6 is 11.6 Å². The third kappa shape index (κ3) is 4.77. The molecule has 30 heavy (non-hydrogen) atoms. The van der Waals surface area contributed by atoms with Crippen molar-refractivity contribution in [3.63, 3.8) is 0 Å². The van der Waals surface area contributed by atoms with Crippen molar-refractivity contribution in [2.24, 2.45) is 0 Å². The van der Waals surface area contributed by atoms with Gasteiger partial charge in [-0.15, -0.1) is 0 Å². The van der Waals surface area contributed by atoms with Crippen LogP contribution in [0.15, 0.2) is 47.0 Å². The Bertz CT molecular complexity index is 1060. The van der Waals surface area contributed by atoms with Gasteiger partial charge in [-0.2, -0.15) is 0 Å². The summed E-state index contributed by atoms with van der Waals surface area (Å²) in [5.41, 5.74) is 2.56. The largest absolute Gasteiger partial charge is 0.489 e. The number of carbonyl (C=O) groups excluding carboxylic acids is 1. The second kappa shape index (κ2) is 8.96. The van der Waals surface area contributed by atoms with Gasteiger partial charge in [0.15, 0.2) is 0 Å². The van der Waals surface area contributed by atoms with Gasteiger partial charge in [-0.3, -0.25) is 14.9 Å². The Balaban J connectivity index is 1.65. The monoisotopic (exact) mass is 429 g/mol. The lowest BCUT2D eigenvalue weighted by molar-refractivity contribution is -0.384. The normalized spacial score (nSPS) is 10.7. The summed E-state index contributed by atoms with van der Waals surface area (Å²) < 4.78 is 10.9. The molecule has 0 atom stereocenters. The van der Waals surface area contributed by atoms with E-state index < -0.39 is 4.92 Å². The van der Waals surface area contributed by atoms with Gasteiger partial charge in [0.2, 0.25) is 0 Å². The maximum atomic E-state index is 12.7. The molecule has 2 aromatic carbocycles. The lowest BCUT2D eigenvalue weighted by Crippen LogP contribution is -2.26. The number of hydrogen-bond donors (Lipinski definition) is 0. The number of nitrogens with zero attached hydrogens (tertiary/aromatic N) is 3. The quantitative estimate of drug-likeness (QED) is 0.398. The first kappa shape index (κ1) is 21.3. The van der Waals surface area contributed by atoms with Gasteiger partial charge in [0.25, 0.3) is 11.6 Å². The smallest absolute Gasteiger partial charge is 0.269 e. The van der Waals surface area contributed by atoms with E-state index in [1.54, 1.807) is 31.3 Å². The van der Waals surface area contributed by atoms with E-state index in [4.69, 9.17) is 20.9 Å². The Morgan fingerprint density at radius 1 is 1.23 bits per heavy atom. The number of amides is 1. The molecule has 0 aliphatic heterocycles. The zero-order valence-corrected chi connectivity index (χ0v) is 17.5. The van der Waals surface area contributed by atoms with Crippen molar-refractivity contribution in [2.45, 2.75) is 27.0 Å². The van der Waals surface area contributed by atoms with Gasteiger partial charge in [-0.25, -0.2) is 0 Å². The predicted molar refractivity (Wildman–Crippen MR) is 111 cm³/mol. The summed E-state index contributed by atoms with van der Waals surface area (Å²) in [6, 6.07) is 10.9. The maximum absolute atomic E-state index is 12.7. The number of benzene rings is 2. The van der Waals surface area contributed by atoms with Crippen molar-refractivity contribution in [3.8, 4) is 5.75 Å². The Morgan fingerprint density at radius 3 is 2.53 bits per heavy atom. The van der Waals surface area contributed by atoms with Gasteiger partial charge in [0.05, 0.1) is 16.2 Å². The molecule has 1 amide bonds. The van der Waals surface area contributed by atoms with Crippen molar-refractivity contribution in [1.82, 2.24) is 10.1 Å². The number of non-ortho nitro benzene ring substituents is 1. The first-order valence-electron chi connectivity index (χ1n) is 9.09. The Kier molecular flexibility index (Phi) is 6.37. The van der Waals surface area contributed by atoms with E-state index >= 15 is 0 Å². The number of carbonyl (C=O) groups is 1. The summed E-state index contributed by atoms with van der Waals surface area (Å²) in [7, 11) is 1.61. The van der Waals surface area contributed by atoms with Crippen LogP contribution in [0, 0.1) is 24.0 Å². The van der Waals surface area contributed by atoms with Crippen LogP contribution in [0.25, 0.3) is 0 Å². The lowest BCUT2D eigenvalue weighted by atomic mass is 10.1. The molecule has 0 saturated carbocycles. The molecule has 0 N–H and O–H groups in total. The van der Waals surface area contributed by atoms with Crippen LogP contribution in [0.3, 0.4) is 0 Å². The van der Waals surface area contributed by atoms with Crippen LogP contribution in [0.5, 0.6) is 5.75 Å². The maximum Gasteiger partial charge on any atom is 0.269 e. The SMILES string of the molecule is Cc1noc(C)c1COc1ccc(C(=O)N(C)Cc2cc([N+](=O)[O-])ccc2Cl)cc1. The Labute approximate surface area is 178 Å². The Morgan fingerprint density at radius 2 is 1.93 bits per heavy atom. The fourth-order valence-electron chi connectivity index (χ4n) is 2.90. The highest BCUT2D eigenvalue weighted by atomic mass is 35.5. The van der Waals surface area contributed by atoms with Gasteiger partial charge in [0, 0.05) is 36.3 Å². The van der Waals surface area contributed by atoms with Crippen LogP contribution in [0.1, 0.15) is 32.9 Å². The minimum atomic E-state index is -0.497. The third-order valence-corrected chi connectivity index (χ3v) is 5.03. The number of aromatic nitrogens is 1. The number of hydrogen-bond acceptors (Lipinski definition) is 6. The molecule has 0 saturated heterocycles. The molecule has 0 radical (unpaired) electrons. The zero-order chi connectivity index (χ0) is 21.8. The lowest BCUT2D eigenvalue weighted by Gasteiger charge is -2.18. The Hall–Kier alpha value is -3.39. The number of nitro groups is 1. The van der Waals surface area contributed by atoms with Gasteiger partial charge in [0.1, 0.15) is 18.1 Å². The third-order valence-electron chi connectivity index (χ3n) is 4.66. The summed E-state index contributed by atoms with van der Waals surface area (Å²) >= 11 is 6.13. The summed E-state index contributed by atoms with van der Waals surface area (Å²) in [5, 5.41) is 15.2. The number of ether oxygens (including phenoxy) is 1. The molecule has 156 valence electrons. The highest BCUT2D eigenvalue weighted by Gasteiger charge is 2.16. The van der Waals surface area contributed by atoms with E-state index in [1.165, 1.54) is 23.1 Å². The topological polar surface area (TPSA) is 98.7 Å². The minimum absolute atomic E-state index is 0.0740. The number of halogens is 1. The molecule has 3 rings (SSSR count). The van der Waals surface area contributed by atoms with Gasteiger partial charge in [-0.05, 0) is 49.7 Å². The first-order valence-corrected chi connectivity index (χ1v) is 9.47. The summed E-state index contributed by atoms with van der Waals surface area (Å²) in [4.78, 5) is 24.6. The second-order valence-electron chi connectivity index (χ2n) is 6.81. The van der Waals surface area contributed by atoms with E-state index in [9.17, 15) is 14.9 Å². The van der Waals surface area contributed by atoms with Gasteiger partial charge >= 0.3 is 0 Å². The average Bonchev–Trinajstić information content (AvgIpc) is 3.05. The van der Waals surface area contributed by atoms with Crippen LogP contribution in [0.4, 0.5) is 5.69 Å². The van der Waals surface area contributed by atoms with Crippen molar-refractivity contribution >= 4 is 23.2 Å². The van der Waals surface area contributed by atoms with E-state index in [1.807, 2.05) is 13.8 Å².